The van der Waals surface area contributed by atoms with Crippen LogP contribution in [0.4, 0.5) is 0 Å². The van der Waals surface area contributed by atoms with E-state index < -0.39 is 0 Å². The molecule has 0 fully saturated rings. The Morgan fingerprint density at radius 2 is 1.84 bits per heavy atom. The van der Waals surface area contributed by atoms with Crippen LogP contribution in [0.2, 0.25) is 0 Å². The van der Waals surface area contributed by atoms with Gasteiger partial charge in [-0.05, 0) is 33.2 Å². The quantitative estimate of drug-likeness (QED) is 0.620. The molecule has 0 aromatic rings. The van der Waals surface area contributed by atoms with Crippen molar-refractivity contribution in [2.45, 2.75) is 72.5 Å². The second-order valence-corrected chi connectivity index (χ2v) is 5.30. The van der Waals surface area contributed by atoms with E-state index in [1.54, 1.807) is 0 Å². The molecular weight excluding hydrogens is 240 g/mol. The molecule has 19 heavy (non-hydrogen) atoms. The fraction of sp³-hybridized carbons (Fsp3) is 0.933. The zero-order valence-corrected chi connectivity index (χ0v) is 13.5. The fourth-order valence-electron chi connectivity index (χ4n) is 2.16. The predicted molar refractivity (Wildman–Crippen MR) is 80.3 cm³/mol. The number of rotatable bonds is 10. The fourth-order valence-corrected chi connectivity index (χ4v) is 2.16. The van der Waals surface area contributed by atoms with Crippen molar-refractivity contribution in [3.63, 3.8) is 0 Å². The minimum absolute atomic E-state index is 0.128. The molecule has 0 rings (SSSR count). The van der Waals surface area contributed by atoms with E-state index in [0.29, 0.717) is 12.6 Å². The van der Waals surface area contributed by atoms with Crippen molar-refractivity contribution >= 4 is 5.97 Å². The van der Waals surface area contributed by atoms with Gasteiger partial charge in [0.25, 0.3) is 0 Å². The maximum atomic E-state index is 11.9. The molecule has 114 valence electrons. The predicted octanol–water partition coefficient (Wildman–Crippen LogP) is 2.43. The van der Waals surface area contributed by atoms with Crippen LogP contribution in [0.5, 0.6) is 0 Å². The first-order valence-corrected chi connectivity index (χ1v) is 7.62. The average Bonchev–Trinajstić information content (AvgIpc) is 2.37. The van der Waals surface area contributed by atoms with Crippen LogP contribution in [0.1, 0.15) is 54.4 Å². The minimum Gasteiger partial charge on any atom is -0.465 e. The van der Waals surface area contributed by atoms with Crippen molar-refractivity contribution in [2.75, 3.05) is 19.7 Å². The maximum absolute atomic E-state index is 11.9. The van der Waals surface area contributed by atoms with Crippen LogP contribution in [0.3, 0.4) is 0 Å². The summed E-state index contributed by atoms with van der Waals surface area (Å²) in [6.07, 6.45) is 1.94. The smallest absolute Gasteiger partial charge is 0.323 e. The van der Waals surface area contributed by atoms with Crippen molar-refractivity contribution < 1.29 is 9.53 Å². The highest BCUT2D eigenvalue weighted by molar-refractivity contribution is 5.75. The summed E-state index contributed by atoms with van der Waals surface area (Å²) in [5, 5.41) is 3.30. The Labute approximate surface area is 118 Å². The normalized spacial score (nSPS) is 14.7. The molecule has 0 spiro atoms. The minimum atomic E-state index is -0.196. The Morgan fingerprint density at radius 1 is 1.21 bits per heavy atom. The van der Waals surface area contributed by atoms with E-state index in [0.717, 1.165) is 25.9 Å². The third-order valence-corrected chi connectivity index (χ3v) is 3.43. The van der Waals surface area contributed by atoms with Crippen LogP contribution in [-0.4, -0.2) is 48.7 Å². The van der Waals surface area contributed by atoms with Crippen molar-refractivity contribution in [3.8, 4) is 0 Å². The summed E-state index contributed by atoms with van der Waals surface area (Å²) in [5.74, 6) is -0.128. The van der Waals surface area contributed by atoms with Gasteiger partial charge >= 0.3 is 5.97 Å². The van der Waals surface area contributed by atoms with Gasteiger partial charge in [0.05, 0.1) is 6.61 Å². The summed E-state index contributed by atoms with van der Waals surface area (Å²) in [5.41, 5.74) is 0. The number of nitrogens with zero attached hydrogens (tertiary/aromatic N) is 1. The van der Waals surface area contributed by atoms with Gasteiger partial charge in [0, 0.05) is 18.6 Å². The van der Waals surface area contributed by atoms with Crippen molar-refractivity contribution in [2.24, 2.45) is 0 Å². The van der Waals surface area contributed by atoms with E-state index in [4.69, 9.17) is 4.74 Å². The van der Waals surface area contributed by atoms with Crippen molar-refractivity contribution in [3.05, 3.63) is 0 Å². The average molecular weight is 272 g/mol. The van der Waals surface area contributed by atoms with E-state index in [9.17, 15) is 4.79 Å². The second kappa shape index (κ2) is 10.2. The van der Waals surface area contributed by atoms with E-state index >= 15 is 0 Å². The van der Waals surface area contributed by atoms with Crippen LogP contribution in [0.15, 0.2) is 0 Å². The lowest BCUT2D eigenvalue weighted by Crippen LogP contribution is -2.45. The standard InChI is InChI=1S/C15H32N2O2/c1-7-13(6)17(8-2)11-10-14(16-12(4)5)15(18)19-9-3/h12-14,16H,7-11H2,1-6H3. The summed E-state index contributed by atoms with van der Waals surface area (Å²) >= 11 is 0. The molecule has 1 N–H and O–H groups in total. The molecule has 4 heteroatoms. The number of carbonyl (C=O) groups excluding carboxylic acids is 1. The molecule has 0 heterocycles. The van der Waals surface area contributed by atoms with E-state index in [-0.39, 0.29) is 18.1 Å². The Kier molecular flexibility index (Phi) is 9.88. The van der Waals surface area contributed by atoms with Crippen molar-refractivity contribution in [1.82, 2.24) is 10.2 Å². The third-order valence-electron chi connectivity index (χ3n) is 3.43. The maximum Gasteiger partial charge on any atom is 0.323 e. The van der Waals surface area contributed by atoms with Crippen LogP contribution < -0.4 is 5.32 Å². The number of hydrogen-bond donors (Lipinski definition) is 1. The molecule has 2 unspecified atom stereocenters. The molecule has 0 amide bonds. The number of hydrogen-bond acceptors (Lipinski definition) is 4. The summed E-state index contributed by atoms with van der Waals surface area (Å²) in [6.45, 7) is 14.9. The molecule has 0 aliphatic carbocycles. The highest BCUT2D eigenvalue weighted by atomic mass is 16.5. The van der Waals surface area contributed by atoms with Crippen LogP contribution in [0, 0.1) is 0 Å². The summed E-state index contributed by atoms with van der Waals surface area (Å²) < 4.78 is 5.14. The lowest BCUT2D eigenvalue weighted by molar-refractivity contribution is -0.146. The monoisotopic (exact) mass is 272 g/mol. The Hall–Kier alpha value is -0.610. The van der Waals surface area contributed by atoms with E-state index in [1.165, 1.54) is 0 Å². The number of carbonyl (C=O) groups is 1. The topological polar surface area (TPSA) is 41.6 Å². The summed E-state index contributed by atoms with van der Waals surface area (Å²) in [7, 11) is 0. The molecule has 0 saturated heterocycles. The van der Waals surface area contributed by atoms with Gasteiger partial charge in [0.15, 0.2) is 0 Å². The Bertz CT molecular complexity index is 244. The van der Waals surface area contributed by atoms with Crippen LogP contribution in [0.25, 0.3) is 0 Å². The number of esters is 1. The first-order chi connectivity index (χ1) is 8.96. The first kappa shape index (κ1) is 18.4. The van der Waals surface area contributed by atoms with Crippen LogP contribution in [-0.2, 0) is 9.53 Å². The van der Waals surface area contributed by atoms with Gasteiger partial charge in [-0.2, -0.15) is 0 Å². The zero-order valence-electron chi connectivity index (χ0n) is 13.5. The third kappa shape index (κ3) is 7.53. The SMILES string of the molecule is CCOC(=O)C(CCN(CC)C(C)CC)NC(C)C. The van der Waals surface area contributed by atoms with Crippen LogP contribution >= 0.6 is 0 Å². The van der Waals surface area contributed by atoms with Gasteiger partial charge in [0.2, 0.25) is 0 Å². The second-order valence-electron chi connectivity index (χ2n) is 5.30. The van der Waals surface area contributed by atoms with Crippen molar-refractivity contribution in [1.29, 1.82) is 0 Å². The highest BCUT2D eigenvalue weighted by Gasteiger charge is 2.22. The molecular formula is C15H32N2O2. The molecule has 2 atom stereocenters. The molecule has 0 bridgehead atoms. The summed E-state index contributed by atoms with van der Waals surface area (Å²) in [6, 6.07) is 0.651. The number of ether oxygens (including phenoxy) is 1. The Balaban J connectivity index is 4.42. The lowest BCUT2D eigenvalue weighted by atomic mass is 10.1. The number of nitrogens with one attached hydrogen (secondary N) is 1. The van der Waals surface area contributed by atoms with E-state index in [2.05, 4.69) is 44.8 Å². The molecule has 0 aliphatic rings. The van der Waals surface area contributed by atoms with E-state index in [1.807, 2.05) is 6.92 Å². The highest BCUT2D eigenvalue weighted by Crippen LogP contribution is 2.07. The van der Waals surface area contributed by atoms with Gasteiger partial charge < -0.3 is 15.0 Å². The molecule has 0 aromatic carbocycles. The molecule has 0 aromatic heterocycles. The molecule has 0 radical (unpaired) electrons. The van der Waals surface area contributed by atoms with Gasteiger partial charge in [-0.1, -0.05) is 27.7 Å². The van der Waals surface area contributed by atoms with Gasteiger partial charge in [0.1, 0.15) is 6.04 Å². The Morgan fingerprint density at radius 3 is 2.26 bits per heavy atom. The molecule has 4 nitrogen and oxygen atoms in total. The largest absolute Gasteiger partial charge is 0.465 e. The van der Waals surface area contributed by atoms with Gasteiger partial charge in [-0.25, -0.2) is 0 Å². The summed E-state index contributed by atoms with van der Waals surface area (Å²) in [4.78, 5) is 14.3. The zero-order chi connectivity index (χ0) is 14.8. The van der Waals surface area contributed by atoms with Gasteiger partial charge in [-0.15, -0.1) is 0 Å². The lowest BCUT2D eigenvalue weighted by Gasteiger charge is -2.29. The molecule has 0 saturated carbocycles. The van der Waals surface area contributed by atoms with Gasteiger partial charge in [-0.3, -0.25) is 4.79 Å². The first-order valence-electron chi connectivity index (χ1n) is 7.62. The molecule has 0 aliphatic heterocycles.